The van der Waals surface area contributed by atoms with E-state index in [0.717, 1.165) is 6.42 Å². The molecule has 0 saturated carbocycles. The Morgan fingerprint density at radius 3 is 2.75 bits per heavy atom. The Hall–Kier alpha value is -3.68. The van der Waals surface area contributed by atoms with Crippen molar-refractivity contribution in [2.45, 2.75) is 26.5 Å². The van der Waals surface area contributed by atoms with Crippen molar-refractivity contribution in [3.8, 4) is 17.1 Å². The molecule has 4 rings (SSSR count). The second-order valence-corrected chi connectivity index (χ2v) is 6.26. The van der Waals surface area contributed by atoms with Gasteiger partial charge >= 0.3 is 11.1 Å². The number of rotatable bonds is 6. The molecule has 0 bridgehead atoms. The number of fused-ring (bicyclic) bond motifs is 1. The van der Waals surface area contributed by atoms with Gasteiger partial charge in [0.05, 0.1) is 11.0 Å². The van der Waals surface area contributed by atoms with Crippen molar-refractivity contribution < 1.29 is 9.26 Å². The number of hydrogen-bond acceptors (Lipinski definition) is 6. The molecule has 28 heavy (non-hydrogen) atoms. The van der Waals surface area contributed by atoms with Gasteiger partial charge < -0.3 is 18.8 Å². The summed E-state index contributed by atoms with van der Waals surface area (Å²) in [6.07, 6.45) is 0.746. The lowest BCUT2D eigenvalue weighted by molar-refractivity contribution is 0.243. The predicted molar refractivity (Wildman–Crippen MR) is 103 cm³/mol. The molecule has 0 fully saturated rings. The summed E-state index contributed by atoms with van der Waals surface area (Å²) >= 11 is 0. The van der Waals surface area contributed by atoms with Gasteiger partial charge in [0.1, 0.15) is 5.75 Å². The maximum atomic E-state index is 12.1. The van der Waals surface area contributed by atoms with E-state index in [-0.39, 0.29) is 6.61 Å². The number of nitrogens with one attached hydrogen (secondary N) is 1. The summed E-state index contributed by atoms with van der Waals surface area (Å²) < 4.78 is 12.3. The second-order valence-electron chi connectivity index (χ2n) is 6.26. The summed E-state index contributed by atoms with van der Waals surface area (Å²) in [6.45, 7) is 2.57. The lowest BCUT2D eigenvalue weighted by Gasteiger charge is -2.08. The number of benzene rings is 2. The number of aromatic nitrogens is 4. The molecule has 0 spiro atoms. The van der Waals surface area contributed by atoms with Gasteiger partial charge in [-0.3, -0.25) is 9.59 Å². The summed E-state index contributed by atoms with van der Waals surface area (Å²) in [5.41, 5.74) is 0.665. The van der Waals surface area contributed by atoms with Crippen LogP contribution in [-0.2, 0) is 13.2 Å². The molecule has 2 heterocycles. The van der Waals surface area contributed by atoms with E-state index < -0.39 is 11.1 Å². The Labute approximate surface area is 159 Å². The monoisotopic (exact) mass is 378 g/mol. The van der Waals surface area contributed by atoms with Crippen LogP contribution in [0.3, 0.4) is 0 Å². The average Bonchev–Trinajstić information content (AvgIpc) is 3.19. The van der Waals surface area contributed by atoms with Crippen LogP contribution in [0.4, 0.5) is 0 Å². The quantitative estimate of drug-likeness (QED) is 0.518. The van der Waals surface area contributed by atoms with Crippen LogP contribution in [0.2, 0.25) is 0 Å². The van der Waals surface area contributed by atoms with Gasteiger partial charge in [-0.1, -0.05) is 30.3 Å². The van der Waals surface area contributed by atoms with E-state index in [0.29, 0.717) is 40.6 Å². The van der Waals surface area contributed by atoms with E-state index in [2.05, 4.69) is 15.1 Å². The minimum Gasteiger partial charge on any atom is -0.484 e. The van der Waals surface area contributed by atoms with Gasteiger partial charge in [0.15, 0.2) is 6.61 Å². The number of hydrogen-bond donors (Lipinski definition) is 1. The number of ether oxygens (including phenoxy) is 1. The van der Waals surface area contributed by atoms with Gasteiger partial charge in [-0.05, 0) is 36.8 Å². The molecule has 1 N–H and O–H groups in total. The first kappa shape index (κ1) is 17.7. The largest absolute Gasteiger partial charge is 0.484 e. The summed E-state index contributed by atoms with van der Waals surface area (Å²) in [5.74, 6) is 1.42. The molecule has 142 valence electrons. The van der Waals surface area contributed by atoms with Crippen LogP contribution < -0.4 is 15.9 Å². The third-order valence-corrected chi connectivity index (χ3v) is 4.25. The SMILES string of the molecule is CCCn1c(=O)c(=O)[nH]c2cc(-c3noc(COc4ccccc4)n3)ccc21. The normalized spacial score (nSPS) is 11.0. The number of aromatic amines is 1. The predicted octanol–water partition coefficient (Wildman–Crippen LogP) is 2.73. The van der Waals surface area contributed by atoms with Crippen LogP contribution in [-0.4, -0.2) is 19.7 Å². The Bertz CT molecular complexity index is 1220. The highest BCUT2D eigenvalue weighted by Gasteiger charge is 2.12. The molecule has 0 aliphatic heterocycles. The minimum atomic E-state index is -0.650. The fraction of sp³-hybridized carbons (Fsp3) is 0.200. The second kappa shape index (κ2) is 7.51. The number of H-pyrrole nitrogens is 1. The van der Waals surface area contributed by atoms with Crippen molar-refractivity contribution in [2.75, 3.05) is 0 Å². The van der Waals surface area contributed by atoms with Crippen LogP contribution in [0.25, 0.3) is 22.4 Å². The highest BCUT2D eigenvalue weighted by Crippen LogP contribution is 2.21. The zero-order valence-corrected chi connectivity index (χ0v) is 15.2. The van der Waals surface area contributed by atoms with Crippen LogP contribution in [0.15, 0.2) is 62.6 Å². The summed E-state index contributed by atoms with van der Waals surface area (Å²) in [5, 5.41) is 3.98. The van der Waals surface area contributed by atoms with Crippen LogP contribution in [0.1, 0.15) is 19.2 Å². The van der Waals surface area contributed by atoms with Crippen molar-refractivity contribution in [1.82, 2.24) is 19.7 Å². The summed E-state index contributed by atoms with van der Waals surface area (Å²) in [6, 6.07) is 14.6. The van der Waals surface area contributed by atoms with E-state index in [4.69, 9.17) is 9.26 Å². The third kappa shape index (κ3) is 3.44. The van der Waals surface area contributed by atoms with Crippen LogP contribution in [0, 0.1) is 0 Å². The molecule has 2 aromatic carbocycles. The van der Waals surface area contributed by atoms with Crippen LogP contribution in [0.5, 0.6) is 5.75 Å². The van der Waals surface area contributed by atoms with Gasteiger partial charge in [-0.2, -0.15) is 4.98 Å². The lowest BCUT2D eigenvalue weighted by Crippen LogP contribution is -2.36. The van der Waals surface area contributed by atoms with Crippen LogP contribution >= 0.6 is 0 Å². The molecule has 8 heteroatoms. The van der Waals surface area contributed by atoms with Gasteiger partial charge in [-0.25, -0.2) is 0 Å². The van der Waals surface area contributed by atoms with Crippen molar-refractivity contribution in [1.29, 1.82) is 0 Å². The van der Waals surface area contributed by atoms with E-state index in [1.807, 2.05) is 37.3 Å². The van der Waals surface area contributed by atoms with Gasteiger partial charge in [-0.15, -0.1) is 0 Å². The number of para-hydroxylation sites is 1. The molecule has 8 nitrogen and oxygen atoms in total. The zero-order valence-electron chi connectivity index (χ0n) is 15.2. The minimum absolute atomic E-state index is 0.150. The van der Waals surface area contributed by atoms with E-state index in [1.165, 1.54) is 4.57 Å². The molecule has 0 saturated heterocycles. The topological polar surface area (TPSA) is 103 Å². The Morgan fingerprint density at radius 2 is 1.96 bits per heavy atom. The van der Waals surface area contributed by atoms with E-state index in [1.54, 1.807) is 18.2 Å². The maximum absolute atomic E-state index is 12.1. The summed E-state index contributed by atoms with van der Waals surface area (Å²) in [4.78, 5) is 31.0. The zero-order chi connectivity index (χ0) is 19.5. The molecule has 2 aromatic heterocycles. The molecule has 0 amide bonds. The van der Waals surface area contributed by atoms with Gasteiger partial charge in [0.25, 0.3) is 5.89 Å². The fourth-order valence-corrected chi connectivity index (χ4v) is 2.96. The highest BCUT2D eigenvalue weighted by atomic mass is 16.5. The Morgan fingerprint density at radius 1 is 1.14 bits per heavy atom. The Balaban J connectivity index is 1.63. The Kier molecular flexibility index (Phi) is 4.76. The molecule has 0 unspecified atom stereocenters. The molecule has 0 radical (unpaired) electrons. The van der Waals surface area contributed by atoms with Crippen molar-refractivity contribution in [3.63, 3.8) is 0 Å². The number of nitrogens with zero attached hydrogens (tertiary/aromatic N) is 3. The lowest BCUT2D eigenvalue weighted by atomic mass is 10.2. The first-order valence-electron chi connectivity index (χ1n) is 8.93. The third-order valence-electron chi connectivity index (χ3n) is 4.25. The maximum Gasteiger partial charge on any atom is 0.316 e. The molecule has 0 atom stereocenters. The molecular formula is C20H18N4O4. The van der Waals surface area contributed by atoms with Gasteiger partial charge in [0, 0.05) is 12.1 Å². The first-order valence-corrected chi connectivity index (χ1v) is 8.93. The van der Waals surface area contributed by atoms with Crippen molar-refractivity contribution in [3.05, 3.63) is 75.1 Å². The van der Waals surface area contributed by atoms with E-state index >= 15 is 0 Å². The van der Waals surface area contributed by atoms with Crippen molar-refractivity contribution >= 4 is 11.0 Å². The molecule has 0 aliphatic carbocycles. The average molecular weight is 378 g/mol. The van der Waals surface area contributed by atoms with E-state index in [9.17, 15) is 9.59 Å². The number of aryl methyl sites for hydroxylation is 1. The van der Waals surface area contributed by atoms with Crippen molar-refractivity contribution in [2.24, 2.45) is 0 Å². The van der Waals surface area contributed by atoms with Gasteiger partial charge in [0.2, 0.25) is 5.82 Å². The standard InChI is InChI=1S/C20H18N4O4/c1-2-10-24-16-9-8-13(11-15(16)21-19(25)20(24)26)18-22-17(28-23-18)12-27-14-6-4-3-5-7-14/h3-9,11H,2,10,12H2,1H3,(H,21,25). The fourth-order valence-electron chi connectivity index (χ4n) is 2.96. The highest BCUT2D eigenvalue weighted by molar-refractivity contribution is 5.80. The molecule has 4 aromatic rings. The smallest absolute Gasteiger partial charge is 0.316 e. The molecular weight excluding hydrogens is 360 g/mol. The first-order chi connectivity index (χ1) is 13.7. The molecule has 0 aliphatic rings. The summed E-state index contributed by atoms with van der Waals surface area (Å²) in [7, 11) is 0.